The first-order valence-corrected chi connectivity index (χ1v) is 8.99. The van der Waals surface area contributed by atoms with E-state index in [0.29, 0.717) is 13.2 Å². The second kappa shape index (κ2) is 8.83. The first-order chi connectivity index (χ1) is 9.13. The van der Waals surface area contributed by atoms with Crippen LogP contribution in [0.5, 0.6) is 0 Å². The van der Waals surface area contributed by atoms with Gasteiger partial charge in [-0.25, -0.2) is 0 Å². The number of hydrogen-bond acceptors (Lipinski definition) is 4. The molecule has 6 heteroatoms. The molecule has 0 saturated carbocycles. The molecule has 0 fully saturated rings. The van der Waals surface area contributed by atoms with Gasteiger partial charge in [-0.05, 0) is 26.0 Å². The van der Waals surface area contributed by atoms with E-state index >= 15 is 0 Å². The summed E-state index contributed by atoms with van der Waals surface area (Å²) in [4.78, 5) is 1.80. The summed E-state index contributed by atoms with van der Waals surface area (Å²) in [5.74, 6) is 1.79. The molecule has 0 N–H and O–H groups in total. The molecule has 0 aliphatic heterocycles. The molecule has 1 rings (SSSR count). The van der Waals surface area contributed by atoms with E-state index in [0.717, 1.165) is 9.80 Å². The number of hydrogen-bond donors (Lipinski definition) is 0. The standard InChI is InChI=1S/C13H18ClO3PS/c1-3-16-18(15,17-4-2)11-13(10-14)19-12-8-6-5-7-9-12/h5-9,11H,3-4,10H2,1-2H3/b13-11-. The minimum Gasteiger partial charge on any atom is -0.306 e. The van der Waals surface area contributed by atoms with Crippen LogP contribution in [0.15, 0.2) is 45.9 Å². The highest BCUT2D eigenvalue weighted by atomic mass is 35.5. The zero-order valence-electron chi connectivity index (χ0n) is 11.0. The predicted octanol–water partition coefficient (Wildman–Crippen LogP) is 5.13. The van der Waals surface area contributed by atoms with Crippen LogP contribution >= 0.6 is 31.0 Å². The number of halogens is 1. The predicted molar refractivity (Wildman–Crippen MR) is 82.0 cm³/mol. The average molecular weight is 321 g/mol. The minimum atomic E-state index is -3.20. The van der Waals surface area contributed by atoms with Crippen LogP contribution in [-0.4, -0.2) is 19.1 Å². The van der Waals surface area contributed by atoms with E-state index < -0.39 is 7.60 Å². The van der Waals surface area contributed by atoms with Crippen molar-refractivity contribution < 1.29 is 13.6 Å². The van der Waals surface area contributed by atoms with Crippen molar-refractivity contribution in [2.45, 2.75) is 18.7 Å². The fourth-order valence-electron chi connectivity index (χ4n) is 1.38. The Labute approximate surface area is 123 Å². The van der Waals surface area contributed by atoms with E-state index in [1.165, 1.54) is 17.6 Å². The Morgan fingerprint density at radius 1 is 1.26 bits per heavy atom. The lowest BCUT2D eigenvalue weighted by atomic mass is 10.4. The molecule has 3 nitrogen and oxygen atoms in total. The molecule has 0 amide bonds. The molecule has 0 aliphatic rings. The normalized spacial score (nSPS) is 12.7. The Hall–Kier alpha value is -0.250. The zero-order valence-corrected chi connectivity index (χ0v) is 13.5. The van der Waals surface area contributed by atoms with Crippen molar-refractivity contribution in [2.24, 2.45) is 0 Å². The smallest absolute Gasteiger partial charge is 0.306 e. The van der Waals surface area contributed by atoms with Gasteiger partial charge in [0.25, 0.3) is 0 Å². The van der Waals surface area contributed by atoms with Crippen molar-refractivity contribution in [3.63, 3.8) is 0 Å². The third-order valence-corrected chi connectivity index (χ3v) is 5.56. The maximum atomic E-state index is 12.4. The number of allylic oxidation sites excluding steroid dienone is 1. The van der Waals surface area contributed by atoms with Crippen LogP contribution in [0, 0.1) is 0 Å². The van der Waals surface area contributed by atoms with Crippen molar-refractivity contribution in [3.05, 3.63) is 41.1 Å². The summed E-state index contributed by atoms with van der Waals surface area (Å²) < 4.78 is 22.8. The summed E-state index contributed by atoms with van der Waals surface area (Å²) in [5, 5.41) is 0. The van der Waals surface area contributed by atoms with E-state index in [9.17, 15) is 4.57 Å². The van der Waals surface area contributed by atoms with Crippen LogP contribution in [0.1, 0.15) is 13.8 Å². The van der Waals surface area contributed by atoms with E-state index in [-0.39, 0.29) is 5.88 Å². The summed E-state index contributed by atoms with van der Waals surface area (Å²) in [6.07, 6.45) is 0. The van der Waals surface area contributed by atoms with Gasteiger partial charge >= 0.3 is 7.60 Å². The molecule has 1 aromatic carbocycles. The number of thioether (sulfide) groups is 1. The van der Waals surface area contributed by atoms with Crippen molar-refractivity contribution in [3.8, 4) is 0 Å². The van der Waals surface area contributed by atoms with Gasteiger partial charge in [-0.15, -0.1) is 11.6 Å². The van der Waals surface area contributed by atoms with Gasteiger partial charge in [0, 0.05) is 15.6 Å². The second-order valence-corrected chi connectivity index (χ2v) is 6.84. The highest BCUT2D eigenvalue weighted by Gasteiger charge is 2.21. The fourth-order valence-corrected chi connectivity index (χ4v) is 4.36. The highest BCUT2D eigenvalue weighted by molar-refractivity contribution is 8.03. The quantitative estimate of drug-likeness (QED) is 0.378. The van der Waals surface area contributed by atoms with Gasteiger partial charge in [0.05, 0.1) is 19.1 Å². The SMILES string of the molecule is CCOP(=O)(/C=C(/CCl)Sc1ccccc1)OCC. The molecule has 0 spiro atoms. The summed E-state index contributed by atoms with van der Waals surface area (Å²) in [7, 11) is -3.20. The molecule has 0 unspecified atom stereocenters. The van der Waals surface area contributed by atoms with Gasteiger partial charge in [-0.3, -0.25) is 4.57 Å². The topological polar surface area (TPSA) is 35.5 Å². The average Bonchev–Trinajstić information content (AvgIpc) is 2.39. The van der Waals surface area contributed by atoms with E-state index in [4.69, 9.17) is 20.6 Å². The van der Waals surface area contributed by atoms with Gasteiger partial charge in [0.2, 0.25) is 0 Å². The molecule has 0 radical (unpaired) electrons. The Balaban J connectivity index is 2.87. The summed E-state index contributed by atoms with van der Waals surface area (Å²) in [5.41, 5.74) is 0. The van der Waals surface area contributed by atoms with E-state index in [1.807, 2.05) is 30.3 Å². The molecule has 19 heavy (non-hydrogen) atoms. The van der Waals surface area contributed by atoms with Crippen molar-refractivity contribution in [1.29, 1.82) is 0 Å². The second-order valence-electron chi connectivity index (χ2n) is 3.52. The monoisotopic (exact) mass is 320 g/mol. The molecular weight excluding hydrogens is 303 g/mol. The Kier molecular flexibility index (Phi) is 7.81. The largest absolute Gasteiger partial charge is 0.355 e. The number of alkyl halides is 1. The zero-order chi connectivity index (χ0) is 14.1. The fraction of sp³-hybridized carbons (Fsp3) is 0.385. The molecule has 0 saturated heterocycles. The van der Waals surface area contributed by atoms with Gasteiger partial charge in [0.1, 0.15) is 0 Å². The molecule has 0 aliphatic carbocycles. The van der Waals surface area contributed by atoms with Gasteiger partial charge < -0.3 is 9.05 Å². The molecular formula is C13H18ClO3PS. The first kappa shape index (κ1) is 16.8. The third-order valence-electron chi connectivity index (χ3n) is 2.04. The van der Waals surface area contributed by atoms with Gasteiger partial charge in [-0.2, -0.15) is 0 Å². The number of benzene rings is 1. The first-order valence-electron chi connectivity index (χ1n) is 6.03. The molecule has 0 heterocycles. The lowest BCUT2D eigenvalue weighted by Crippen LogP contribution is -1.94. The molecule has 1 aromatic rings. The Bertz CT molecular complexity index is 440. The maximum absolute atomic E-state index is 12.4. The van der Waals surface area contributed by atoms with Gasteiger partial charge in [-0.1, -0.05) is 30.0 Å². The molecule has 0 aromatic heterocycles. The van der Waals surface area contributed by atoms with E-state index in [2.05, 4.69) is 0 Å². The van der Waals surface area contributed by atoms with Crippen molar-refractivity contribution in [1.82, 2.24) is 0 Å². The lowest BCUT2D eigenvalue weighted by Gasteiger charge is -2.14. The third kappa shape index (κ3) is 6.15. The summed E-state index contributed by atoms with van der Waals surface area (Å²) in [6, 6.07) is 9.77. The Morgan fingerprint density at radius 2 is 1.84 bits per heavy atom. The van der Waals surface area contributed by atoms with Crippen LogP contribution in [0.25, 0.3) is 0 Å². The summed E-state index contributed by atoms with van der Waals surface area (Å²) in [6.45, 7) is 4.23. The van der Waals surface area contributed by atoms with Crippen LogP contribution in [0.4, 0.5) is 0 Å². The van der Waals surface area contributed by atoms with Crippen LogP contribution in [0.3, 0.4) is 0 Å². The highest BCUT2D eigenvalue weighted by Crippen LogP contribution is 2.52. The summed E-state index contributed by atoms with van der Waals surface area (Å²) >= 11 is 7.37. The minimum absolute atomic E-state index is 0.268. The maximum Gasteiger partial charge on any atom is 0.355 e. The van der Waals surface area contributed by atoms with Crippen molar-refractivity contribution in [2.75, 3.05) is 19.1 Å². The van der Waals surface area contributed by atoms with Crippen LogP contribution in [0.2, 0.25) is 0 Å². The Morgan fingerprint density at radius 3 is 2.32 bits per heavy atom. The number of rotatable bonds is 8. The van der Waals surface area contributed by atoms with Gasteiger partial charge in [0.15, 0.2) is 0 Å². The van der Waals surface area contributed by atoms with Crippen LogP contribution < -0.4 is 0 Å². The molecule has 0 atom stereocenters. The lowest BCUT2D eigenvalue weighted by molar-refractivity contribution is 0.229. The molecule has 106 valence electrons. The molecule has 0 bridgehead atoms. The van der Waals surface area contributed by atoms with E-state index in [1.54, 1.807) is 13.8 Å². The van der Waals surface area contributed by atoms with Crippen molar-refractivity contribution >= 4 is 31.0 Å². The van der Waals surface area contributed by atoms with Crippen LogP contribution in [-0.2, 0) is 13.6 Å².